The fourth-order valence-corrected chi connectivity index (χ4v) is 2.23. The van der Waals surface area contributed by atoms with Gasteiger partial charge in [0, 0.05) is 12.6 Å². The molecule has 5 nitrogen and oxygen atoms in total. The fourth-order valence-electron chi connectivity index (χ4n) is 2.23. The Kier molecular flexibility index (Phi) is 6.89. The summed E-state index contributed by atoms with van der Waals surface area (Å²) in [6, 6.07) is 13.1. The van der Waals surface area contributed by atoms with E-state index in [4.69, 9.17) is 14.2 Å². The second kappa shape index (κ2) is 9.37. The third-order valence-electron chi connectivity index (χ3n) is 3.54. The maximum absolute atomic E-state index is 12.0. The lowest BCUT2D eigenvalue weighted by atomic mass is 10.2. The van der Waals surface area contributed by atoms with Gasteiger partial charge in [0.15, 0.2) is 11.5 Å². The second-order valence-electron chi connectivity index (χ2n) is 5.24. The topological polar surface area (TPSA) is 56.8 Å². The molecule has 0 fully saturated rings. The molecule has 0 bridgehead atoms. The van der Waals surface area contributed by atoms with Crippen molar-refractivity contribution in [3.63, 3.8) is 0 Å². The van der Waals surface area contributed by atoms with Gasteiger partial charge in [0.05, 0.1) is 20.8 Å². The summed E-state index contributed by atoms with van der Waals surface area (Å²) < 4.78 is 15.9. The molecular formula is C20H23NO4. The number of hydrogen-bond donors (Lipinski definition) is 1. The van der Waals surface area contributed by atoms with Gasteiger partial charge in [-0.25, -0.2) is 0 Å². The average molecular weight is 341 g/mol. The quantitative estimate of drug-likeness (QED) is 0.748. The Bertz CT molecular complexity index is 723. The van der Waals surface area contributed by atoms with Crippen molar-refractivity contribution in [3.8, 4) is 17.2 Å². The van der Waals surface area contributed by atoms with Crippen molar-refractivity contribution in [2.45, 2.75) is 13.5 Å². The van der Waals surface area contributed by atoms with Crippen molar-refractivity contribution in [3.05, 3.63) is 59.7 Å². The predicted molar refractivity (Wildman–Crippen MR) is 98.0 cm³/mol. The molecule has 0 aliphatic heterocycles. The minimum Gasteiger partial charge on any atom is -0.497 e. The van der Waals surface area contributed by atoms with Crippen LogP contribution in [0.15, 0.2) is 48.5 Å². The van der Waals surface area contributed by atoms with Gasteiger partial charge in [-0.1, -0.05) is 18.2 Å². The maximum atomic E-state index is 12.0. The summed E-state index contributed by atoms with van der Waals surface area (Å²) in [4.78, 5) is 12.0. The van der Waals surface area contributed by atoms with Gasteiger partial charge in [0.1, 0.15) is 5.75 Å². The highest BCUT2D eigenvalue weighted by Crippen LogP contribution is 2.28. The second-order valence-corrected chi connectivity index (χ2v) is 5.24. The molecule has 25 heavy (non-hydrogen) atoms. The van der Waals surface area contributed by atoms with E-state index in [1.165, 1.54) is 6.08 Å². The van der Waals surface area contributed by atoms with Crippen LogP contribution in [0.3, 0.4) is 0 Å². The van der Waals surface area contributed by atoms with Crippen LogP contribution < -0.4 is 19.5 Å². The molecule has 132 valence electrons. The third-order valence-corrected chi connectivity index (χ3v) is 3.54. The maximum Gasteiger partial charge on any atom is 0.244 e. The molecule has 0 aliphatic rings. The molecule has 0 saturated heterocycles. The Morgan fingerprint density at radius 2 is 1.80 bits per heavy atom. The molecule has 0 aromatic heterocycles. The van der Waals surface area contributed by atoms with E-state index in [0.717, 1.165) is 16.9 Å². The Labute approximate surface area is 148 Å². The number of ether oxygens (including phenoxy) is 3. The van der Waals surface area contributed by atoms with Crippen LogP contribution in [0.5, 0.6) is 17.2 Å². The Balaban J connectivity index is 1.93. The van der Waals surface area contributed by atoms with E-state index in [9.17, 15) is 4.79 Å². The highest BCUT2D eigenvalue weighted by molar-refractivity contribution is 5.91. The zero-order chi connectivity index (χ0) is 18.1. The van der Waals surface area contributed by atoms with E-state index >= 15 is 0 Å². The normalized spacial score (nSPS) is 10.5. The lowest BCUT2D eigenvalue weighted by Gasteiger charge is -2.09. The van der Waals surface area contributed by atoms with Crippen molar-refractivity contribution in [2.24, 2.45) is 0 Å². The standard InChI is InChI=1S/C20H23NO4/c1-4-25-19-13-15(7-11-18(19)24-3)8-12-20(22)21-14-16-5-9-17(23-2)10-6-16/h5-13H,4,14H2,1-3H3,(H,21,22). The first kappa shape index (κ1) is 18.4. The summed E-state index contributed by atoms with van der Waals surface area (Å²) in [7, 11) is 3.22. The van der Waals surface area contributed by atoms with Crippen molar-refractivity contribution in [1.29, 1.82) is 0 Å². The molecule has 0 heterocycles. The van der Waals surface area contributed by atoms with Gasteiger partial charge >= 0.3 is 0 Å². The van der Waals surface area contributed by atoms with Crippen LogP contribution in [-0.2, 0) is 11.3 Å². The van der Waals surface area contributed by atoms with Crippen LogP contribution >= 0.6 is 0 Å². The monoisotopic (exact) mass is 341 g/mol. The van der Waals surface area contributed by atoms with E-state index in [2.05, 4.69) is 5.32 Å². The summed E-state index contributed by atoms with van der Waals surface area (Å²) in [6.07, 6.45) is 3.24. The van der Waals surface area contributed by atoms with Crippen molar-refractivity contribution in [1.82, 2.24) is 5.32 Å². The summed E-state index contributed by atoms with van der Waals surface area (Å²) in [5.41, 5.74) is 1.87. The van der Waals surface area contributed by atoms with Crippen molar-refractivity contribution < 1.29 is 19.0 Å². The van der Waals surface area contributed by atoms with E-state index in [0.29, 0.717) is 24.7 Å². The molecule has 5 heteroatoms. The molecule has 0 spiro atoms. The lowest BCUT2D eigenvalue weighted by molar-refractivity contribution is -0.116. The molecule has 0 saturated carbocycles. The van der Waals surface area contributed by atoms with E-state index in [-0.39, 0.29) is 5.91 Å². The van der Waals surface area contributed by atoms with Gasteiger partial charge in [-0.15, -0.1) is 0 Å². The van der Waals surface area contributed by atoms with Gasteiger partial charge in [0.2, 0.25) is 5.91 Å². The number of amides is 1. The zero-order valence-corrected chi connectivity index (χ0v) is 14.7. The van der Waals surface area contributed by atoms with Gasteiger partial charge in [0.25, 0.3) is 0 Å². The zero-order valence-electron chi connectivity index (χ0n) is 14.7. The molecule has 0 unspecified atom stereocenters. The summed E-state index contributed by atoms with van der Waals surface area (Å²) >= 11 is 0. The van der Waals surface area contributed by atoms with Crippen LogP contribution in [-0.4, -0.2) is 26.7 Å². The summed E-state index contributed by atoms with van der Waals surface area (Å²) in [5.74, 6) is 1.96. The number of benzene rings is 2. The van der Waals surface area contributed by atoms with Gasteiger partial charge in [-0.3, -0.25) is 4.79 Å². The third kappa shape index (κ3) is 5.57. The molecule has 0 atom stereocenters. The van der Waals surface area contributed by atoms with Gasteiger partial charge < -0.3 is 19.5 Å². The Morgan fingerprint density at radius 3 is 2.44 bits per heavy atom. The average Bonchev–Trinajstić information content (AvgIpc) is 2.65. The minimum atomic E-state index is -0.162. The van der Waals surface area contributed by atoms with Crippen molar-refractivity contribution >= 4 is 12.0 Å². The highest BCUT2D eigenvalue weighted by atomic mass is 16.5. The number of nitrogens with one attached hydrogen (secondary N) is 1. The minimum absolute atomic E-state index is 0.162. The first-order chi connectivity index (χ1) is 12.2. The molecule has 2 aromatic carbocycles. The number of hydrogen-bond acceptors (Lipinski definition) is 4. The van der Waals surface area contributed by atoms with Crippen LogP contribution in [0.2, 0.25) is 0 Å². The smallest absolute Gasteiger partial charge is 0.244 e. The molecule has 1 N–H and O–H groups in total. The molecule has 1 amide bonds. The van der Waals surface area contributed by atoms with E-state index in [1.54, 1.807) is 20.3 Å². The number of carbonyl (C=O) groups is 1. The number of rotatable bonds is 8. The lowest BCUT2D eigenvalue weighted by Crippen LogP contribution is -2.20. The SMILES string of the molecule is CCOc1cc(C=CC(=O)NCc2ccc(OC)cc2)ccc1OC. The Hall–Kier alpha value is -2.95. The fraction of sp³-hybridized carbons (Fsp3) is 0.250. The van der Waals surface area contributed by atoms with Gasteiger partial charge in [-0.05, 0) is 48.4 Å². The van der Waals surface area contributed by atoms with Crippen LogP contribution in [0.25, 0.3) is 6.08 Å². The molecular weight excluding hydrogens is 318 g/mol. The summed E-state index contributed by atoms with van der Waals surface area (Å²) in [5, 5.41) is 2.85. The van der Waals surface area contributed by atoms with Crippen LogP contribution in [0, 0.1) is 0 Å². The van der Waals surface area contributed by atoms with Crippen LogP contribution in [0.4, 0.5) is 0 Å². The van der Waals surface area contributed by atoms with E-state index < -0.39 is 0 Å². The highest BCUT2D eigenvalue weighted by Gasteiger charge is 2.04. The summed E-state index contributed by atoms with van der Waals surface area (Å²) in [6.45, 7) is 2.92. The number of methoxy groups -OCH3 is 2. The molecule has 2 aromatic rings. The van der Waals surface area contributed by atoms with Crippen LogP contribution in [0.1, 0.15) is 18.1 Å². The largest absolute Gasteiger partial charge is 0.497 e. The first-order valence-corrected chi connectivity index (χ1v) is 8.06. The molecule has 0 radical (unpaired) electrons. The Morgan fingerprint density at radius 1 is 1.04 bits per heavy atom. The first-order valence-electron chi connectivity index (χ1n) is 8.06. The van der Waals surface area contributed by atoms with Crippen molar-refractivity contribution in [2.75, 3.05) is 20.8 Å². The predicted octanol–water partition coefficient (Wildman–Crippen LogP) is 3.43. The molecule has 2 rings (SSSR count). The van der Waals surface area contributed by atoms with Gasteiger partial charge in [-0.2, -0.15) is 0 Å². The molecule has 0 aliphatic carbocycles. The van der Waals surface area contributed by atoms with E-state index in [1.807, 2.05) is 49.4 Å². The number of carbonyl (C=O) groups excluding carboxylic acids is 1.